The average Bonchev–Trinajstić information content (AvgIpc) is 2.31. The summed E-state index contributed by atoms with van der Waals surface area (Å²) in [5, 5.41) is 14.1. The van der Waals surface area contributed by atoms with Gasteiger partial charge in [-0.05, 0) is 32.1 Å². The molecule has 0 aromatic rings. The van der Waals surface area contributed by atoms with E-state index in [2.05, 4.69) is 15.4 Å². The summed E-state index contributed by atoms with van der Waals surface area (Å²) in [6.45, 7) is 1.91. The molecular formula is C13H22N2O5. The summed E-state index contributed by atoms with van der Waals surface area (Å²) in [6.07, 6.45) is 3.31. The number of urea groups is 1. The summed E-state index contributed by atoms with van der Waals surface area (Å²) in [5.41, 5.74) is 0. The van der Waals surface area contributed by atoms with Crippen LogP contribution in [0.25, 0.3) is 0 Å². The minimum atomic E-state index is -1.17. The molecule has 0 aromatic heterocycles. The predicted octanol–water partition coefficient (Wildman–Crippen LogP) is 0.881. The maximum absolute atomic E-state index is 11.7. The lowest BCUT2D eigenvalue weighted by molar-refractivity contribution is -0.142. The van der Waals surface area contributed by atoms with Crippen molar-refractivity contribution in [2.75, 3.05) is 7.11 Å². The fourth-order valence-corrected chi connectivity index (χ4v) is 2.09. The molecule has 7 nitrogen and oxygen atoms in total. The second-order valence-corrected chi connectivity index (χ2v) is 5.10. The highest BCUT2D eigenvalue weighted by molar-refractivity contribution is 5.83. The molecule has 0 aromatic carbocycles. The van der Waals surface area contributed by atoms with Crippen LogP contribution in [0.15, 0.2) is 0 Å². The van der Waals surface area contributed by atoms with Crippen molar-refractivity contribution in [3.05, 3.63) is 0 Å². The number of carbonyl (C=O) groups excluding carboxylic acids is 2. The molecule has 7 heteroatoms. The summed E-state index contributed by atoms with van der Waals surface area (Å²) in [6, 6.07) is -1.58. The largest absolute Gasteiger partial charge is 0.480 e. The molecule has 1 aliphatic carbocycles. The van der Waals surface area contributed by atoms with Crippen LogP contribution in [0.1, 0.15) is 39.0 Å². The van der Waals surface area contributed by atoms with E-state index < -0.39 is 24.0 Å². The number of carboxylic acids is 1. The maximum Gasteiger partial charge on any atom is 0.326 e. The molecule has 1 unspecified atom stereocenters. The van der Waals surface area contributed by atoms with Gasteiger partial charge < -0.3 is 20.5 Å². The smallest absolute Gasteiger partial charge is 0.326 e. The first kappa shape index (κ1) is 16.3. The number of rotatable bonds is 7. The molecule has 2 atom stereocenters. The maximum atomic E-state index is 11.7. The Balaban J connectivity index is 2.37. The second kappa shape index (κ2) is 7.72. The number of methoxy groups -OCH3 is 1. The first-order valence-electron chi connectivity index (χ1n) is 6.80. The molecule has 1 fully saturated rings. The zero-order valence-corrected chi connectivity index (χ0v) is 11.8. The summed E-state index contributed by atoms with van der Waals surface area (Å²) in [7, 11) is 1.23. The number of amides is 2. The summed E-state index contributed by atoms with van der Waals surface area (Å²) in [4.78, 5) is 33.7. The Bertz CT molecular complexity index is 368. The Morgan fingerprint density at radius 3 is 2.40 bits per heavy atom. The van der Waals surface area contributed by atoms with Crippen molar-refractivity contribution in [3.63, 3.8) is 0 Å². The van der Waals surface area contributed by atoms with E-state index in [1.807, 2.05) is 6.92 Å². The van der Waals surface area contributed by atoms with Gasteiger partial charge in [0.15, 0.2) is 0 Å². The summed E-state index contributed by atoms with van der Waals surface area (Å²) in [5.74, 6) is -1.19. The molecule has 1 aliphatic rings. The molecule has 2 amide bonds. The molecule has 20 heavy (non-hydrogen) atoms. The molecular weight excluding hydrogens is 264 g/mol. The third-order valence-electron chi connectivity index (χ3n) is 3.68. The van der Waals surface area contributed by atoms with E-state index >= 15 is 0 Å². The van der Waals surface area contributed by atoms with Gasteiger partial charge >= 0.3 is 18.0 Å². The fourth-order valence-electron chi connectivity index (χ4n) is 2.09. The summed E-state index contributed by atoms with van der Waals surface area (Å²) < 4.78 is 4.44. The Morgan fingerprint density at radius 2 is 1.95 bits per heavy atom. The van der Waals surface area contributed by atoms with Crippen LogP contribution in [0.2, 0.25) is 0 Å². The summed E-state index contributed by atoms with van der Waals surface area (Å²) >= 11 is 0. The van der Waals surface area contributed by atoms with Gasteiger partial charge in [-0.2, -0.15) is 0 Å². The number of esters is 1. The highest BCUT2D eigenvalue weighted by Crippen LogP contribution is 2.29. The molecule has 0 spiro atoms. The minimum Gasteiger partial charge on any atom is -0.480 e. The number of hydrogen-bond acceptors (Lipinski definition) is 4. The van der Waals surface area contributed by atoms with Crippen molar-refractivity contribution in [1.82, 2.24) is 10.6 Å². The molecule has 1 rings (SSSR count). The van der Waals surface area contributed by atoms with Crippen molar-refractivity contribution in [2.45, 2.75) is 51.1 Å². The molecule has 1 saturated carbocycles. The first-order chi connectivity index (χ1) is 9.43. The number of carbonyl (C=O) groups is 3. The van der Waals surface area contributed by atoms with Gasteiger partial charge in [-0.25, -0.2) is 9.59 Å². The van der Waals surface area contributed by atoms with Gasteiger partial charge in [0, 0.05) is 12.5 Å². The third-order valence-corrected chi connectivity index (χ3v) is 3.68. The van der Waals surface area contributed by atoms with E-state index in [4.69, 9.17) is 5.11 Å². The van der Waals surface area contributed by atoms with Crippen LogP contribution < -0.4 is 10.6 Å². The van der Waals surface area contributed by atoms with Crippen molar-refractivity contribution >= 4 is 18.0 Å². The van der Waals surface area contributed by atoms with Crippen molar-refractivity contribution in [1.29, 1.82) is 0 Å². The van der Waals surface area contributed by atoms with Gasteiger partial charge in [-0.1, -0.05) is 6.42 Å². The van der Waals surface area contributed by atoms with E-state index in [9.17, 15) is 14.4 Å². The van der Waals surface area contributed by atoms with Gasteiger partial charge in [0.25, 0.3) is 0 Å². The molecule has 114 valence electrons. The average molecular weight is 286 g/mol. The highest BCUT2D eigenvalue weighted by atomic mass is 16.5. The van der Waals surface area contributed by atoms with Crippen LogP contribution >= 0.6 is 0 Å². The van der Waals surface area contributed by atoms with Gasteiger partial charge in [-0.15, -0.1) is 0 Å². The Morgan fingerprint density at radius 1 is 1.30 bits per heavy atom. The standard InChI is InChI=1S/C13H22N2O5/c1-8(9-4-3-5-9)14-13(19)15-10(12(17)18)6-7-11(16)20-2/h8-10H,3-7H2,1-2H3,(H,17,18)(H2,14,15,19)/t8?,10-/m0/s1. The first-order valence-corrected chi connectivity index (χ1v) is 6.80. The van der Waals surface area contributed by atoms with Crippen LogP contribution in [0.5, 0.6) is 0 Å². The lowest BCUT2D eigenvalue weighted by atomic mass is 9.80. The van der Waals surface area contributed by atoms with Gasteiger partial charge in [0.1, 0.15) is 6.04 Å². The fraction of sp³-hybridized carbons (Fsp3) is 0.769. The van der Waals surface area contributed by atoms with Crippen molar-refractivity contribution in [2.24, 2.45) is 5.92 Å². The lowest BCUT2D eigenvalue weighted by Gasteiger charge is -2.32. The SMILES string of the molecule is COC(=O)CC[C@H](NC(=O)NC(C)C1CCC1)C(=O)O. The number of hydrogen-bond donors (Lipinski definition) is 3. The molecule has 0 radical (unpaired) electrons. The number of nitrogens with one attached hydrogen (secondary N) is 2. The zero-order chi connectivity index (χ0) is 15.1. The lowest BCUT2D eigenvalue weighted by Crippen LogP contribution is -2.50. The number of carboxylic acid groups (broad SMARTS) is 1. The molecule has 0 bridgehead atoms. The van der Waals surface area contributed by atoms with Crippen molar-refractivity contribution < 1.29 is 24.2 Å². The van der Waals surface area contributed by atoms with Gasteiger partial charge in [-0.3, -0.25) is 4.79 Å². The van der Waals surface area contributed by atoms with Gasteiger partial charge in [0.2, 0.25) is 0 Å². The predicted molar refractivity (Wildman–Crippen MR) is 71.1 cm³/mol. The van der Waals surface area contributed by atoms with Crippen LogP contribution in [0.3, 0.4) is 0 Å². The van der Waals surface area contributed by atoms with E-state index in [0.29, 0.717) is 5.92 Å². The van der Waals surface area contributed by atoms with Crippen LogP contribution in [0, 0.1) is 5.92 Å². The molecule has 0 saturated heterocycles. The topological polar surface area (TPSA) is 105 Å². The van der Waals surface area contributed by atoms with Crippen molar-refractivity contribution in [3.8, 4) is 0 Å². The van der Waals surface area contributed by atoms with Crippen LogP contribution in [0.4, 0.5) is 4.79 Å². The van der Waals surface area contributed by atoms with E-state index in [1.165, 1.54) is 13.5 Å². The van der Waals surface area contributed by atoms with E-state index in [-0.39, 0.29) is 18.9 Å². The third kappa shape index (κ3) is 5.07. The highest BCUT2D eigenvalue weighted by Gasteiger charge is 2.27. The minimum absolute atomic E-state index is 0.00718. The van der Waals surface area contributed by atoms with Gasteiger partial charge in [0.05, 0.1) is 7.11 Å². The van der Waals surface area contributed by atoms with Crippen LogP contribution in [-0.2, 0) is 14.3 Å². The second-order valence-electron chi connectivity index (χ2n) is 5.10. The molecule has 0 aliphatic heterocycles. The Labute approximate surface area is 118 Å². The quantitative estimate of drug-likeness (QED) is 0.603. The van der Waals surface area contributed by atoms with E-state index in [1.54, 1.807) is 0 Å². The Hall–Kier alpha value is -1.79. The normalized spacial score (nSPS) is 17.5. The zero-order valence-electron chi connectivity index (χ0n) is 11.8. The van der Waals surface area contributed by atoms with Crippen LogP contribution in [-0.4, -0.2) is 42.3 Å². The number of aliphatic carboxylic acids is 1. The monoisotopic (exact) mass is 286 g/mol. The van der Waals surface area contributed by atoms with E-state index in [0.717, 1.165) is 12.8 Å². The Kier molecular flexibility index (Phi) is 6.27. The molecule has 0 heterocycles. The number of ether oxygens (including phenoxy) is 1. The molecule has 3 N–H and O–H groups in total.